The predicted molar refractivity (Wildman–Crippen MR) is 173 cm³/mol. The van der Waals surface area contributed by atoms with Crippen LogP contribution in [0.3, 0.4) is 0 Å². The van der Waals surface area contributed by atoms with Crippen molar-refractivity contribution in [2.24, 2.45) is 5.92 Å². The van der Waals surface area contributed by atoms with Gasteiger partial charge >= 0.3 is 0 Å². The molecule has 1 N–H and O–H groups in total. The number of nitro groups is 2. The molecule has 14 heteroatoms. The number of amides is 1. The number of sulfone groups is 1. The Morgan fingerprint density at radius 2 is 1.54 bits per heavy atom. The number of hydrogen-bond donors (Lipinski definition) is 1. The molecule has 1 atom stereocenters. The van der Waals surface area contributed by atoms with Gasteiger partial charge in [0.2, 0.25) is 9.84 Å². The first-order chi connectivity index (χ1) is 21.9. The van der Waals surface area contributed by atoms with Crippen LogP contribution in [0, 0.1) is 33.1 Å². The molecule has 3 aromatic carbocycles. The SMILES string of the molecule is CCCC[C@@H](CC)Cn1c(NC(=O)c2cc([N+](=O)[O-])cc([N+](=O)[O-])c2)c(S(=O)(=O)c2ccc(C)cc2)c2nc3ccccc3nc21. The van der Waals surface area contributed by atoms with Gasteiger partial charge < -0.3 is 9.88 Å². The van der Waals surface area contributed by atoms with Crippen molar-refractivity contribution >= 4 is 55.1 Å². The van der Waals surface area contributed by atoms with Crippen molar-refractivity contribution in [1.82, 2.24) is 14.5 Å². The molecule has 13 nitrogen and oxygen atoms in total. The molecule has 0 radical (unpaired) electrons. The molecule has 0 aliphatic carbocycles. The number of hydrogen-bond acceptors (Lipinski definition) is 9. The van der Waals surface area contributed by atoms with Gasteiger partial charge in [0, 0.05) is 18.7 Å². The Balaban J connectivity index is 1.81. The molecule has 5 aromatic rings. The minimum atomic E-state index is -4.35. The number of nitro benzene ring substituents is 2. The summed E-state index contributed by atoms with van der Waals surface area (Å²) in [6.45, 7) is 6.21. The highest BCUT2D eigenvalue weighted by molar-refractivity contribution is 7.92. The van der Waals surface area contributed by atoms with Gasteiger partial charge in [-0.3, -0.25) is 25.0 Å². The van der Waals surface area contributed by atoms with Crippen LogP contribution in [0.4, 0.5) is 17.2 Å². The molecule has 46 heavy (non-hydrogen) atoms. The molecule has 2 aromatic heterocycles. The van der Waals surface area contributed by atoms with E-state index in [1.165, 1.54) is 12.1 Å². The number of benzene rings is 3. The summed E-state index contributed by atoms with van der Waals surface area (Å²) in [5.74, 6) is -1.02. The van der Waals surface area contributed by atoms with Crippen LogP contribution in [0.15, 0.2) is 76.5 Å². The molecular weight excluding hydrogens is 612 g/mol. The zero-order valence-electron chi connectivity index (χ0n) is 25.5. The second-order valence-corrected chi connectivity index (χ2v) is 13.0. The van der Waals surface area contributed by atoms with Crippen LogP contribution in [0.2, 0.25) is 0 Å². The first kappa shape index (κ1) is 32.2. The van der Waals surface area contributed by atoms with Gasteiger partial charge in [-0.05, 0) is 43.5 Å². The van der Waals surface area contributed by atoms with Crippen LogP contribution < -0.4 is 5.32 Å². The second kappa shape index (κ2) is 13.0. The number of carbonyl (C=O) groups excluding carboxylic acids is 1. The quantitative estimate of drug-likeness (QED) is 0.110. The third-order valence-electron chi connectivity index (χ3n) is 7.91. The van der Waals surface area contributed by atoms with Gasteiger partial charge in [0.25, 0.3) is 17.3 Å². The largest absolute Gasteiger partial charge is 0.309 e. The van der Waals surface area contributed by atoms with Gasteiger partial charge in [0.15, 0.2) is 5.65 Å². The standard InChI is InChI=1S/C32H32N6O7S/c1-4-6-9-21(5-2)19-36-30-28(33-26-10-7-8-11-27(26)34-30)29(46(44,45)25-14-12-20(3)13-15-25)31(36)35-32(39)22-16-23(37(40)41)18-24(17-22)38(42)43/h7-8,10-18,21H,4-6,9,19H2,1-3H3,(H,35,39)/t21-/m1/s1. The van der Waals surface area contributed by atoms with Crippen LogP contribution in [-0.2, 0) is 16.4 Å². The van der Waals surface area contributed by atoms with Crippen molar-refractivity contribution in [2.75, 3.05) is 5.32 Å². The van der Waals surface area contributed by atoms with Gasteiger partial charge in [0.05, 0.1) is 37.4 Å². The van der Waals surface area contributed by atoms with Crippen molar-refractivity contribution in [2.45, 2.75) is 62.8 Å². The molecule has 0 saturated heterocycles. The van der Waals surface area contributed by atoms with E-state index in [9.17, 15) is 33.4 Å². The molecule has 0 spiro atoms. The maximum atomic E-state index is 14.5. The van der Waals surface area contributed by atoms with E-state index < -0.39 is 37.0 Å². The highest BCUT2D eigenvalue weighted by Crippen LogP contribution is 2.38. The van der Waals surface area contributed by atoms with Crippen LogP contribution in [0.5, 0.6) is 0 Å². The summed E-state index contributed by atoms with van der Waals surface area (Å²) < 4.78 is 30.5. The number of aryl methyl sites for hydroxylation is 1. The van der Waals surface area contributed by atoms with E-state index >= 15 is 0 Å². The lowest BCUT2D eigenvalue weighted by molar-refractivity contribution is -0.394. The molecule has 0 unspecified atom stereocenters. The summed E-state index contributed by atoms with van der Waals surface area (Å²) in [6.07, 6.45) is 3.47. The number of unbranched alkanes of at least 4 members (excludes halogenated alkanes) is 1. The second-order valence-electron chi connectivity index (χ2n) is 11.1. The molecular formula is C32H32N6O7S. The zero-order valence-corrected chi connectivity index (χ0v) is 26.3. The van der Waals surface area contributed by atoms with Crippen molar-refractivity contribution < 1.29 is 23.1 Å². The van der Waals surface area contributed by atoms with Crippen LogP contribution in [-0.4, -0.2) is 38.7 Å². The number of nitrogens with one attached hydrogen (secondary N) is 1. The van der Waals surface area contributed by atoms with Gasteiger partial charge in [-0.25, -0.2) is 18.4 Å². The van der Waals surface area contributed by atoms with E-state index in [-0.39, 0.29) is 44.8 Å². The smallest absolute Gasteiger partial charge is 0.277 e. The van der Waals surface area contributed by atoms with E-state index in [4.69, 9.17) is 9.97 Å². The maximum absolute atomic E-state index is 14.5. The minimum absolute atomic E-state index is 0.0355. The van der Waals surface area contributed by atoms with Gasteiger partial charge in [-0.1, -0.05) is 62.9 Å². The Hall–Kier alpha value is -5.24. The Morgan fingerprint density at radius 1 is 0.935 bits per heavy atom. The molecule has 2 heterocycles. The molecule has 0 fully saturated rings. The highest BCUT2D eigenvalue weighted by atomic mass is 32.2. The molecule has 238 valence electrons. The Kier molecular flexibility index (Phi) is 9.10. The van der Waals surface area contributed by atoms with E-state index in [1.54, 1.807) is 41.0 Å². The number of para-hydroxylation sites is 2. The lowest BCUT2D eigenvalue weighted by atomic mass is 9.99. The molecule has 0 aliphatic heterocycles. The van der Waals surface area contributed by atoms with E-state index in [1.807, 2.05) is 13.8 Å². The normalized spacial score (nSPS) is 12.3. The van der Waals surface area contributed by atoms with Gasteiger partial charge in [0.1, 0.15) is 16.2 Å². The number of non-ortho nitro benzene ring substituents is 2. The molecule has 0 bridgehead atoms. The van der Waals surface area contributed by atoms with Gasteiger partial charge in [-0.2, -0.15) is 0 Å². The summed E-state index contributed by atoms with van der Waals surface area (Å²) in [5, 5.41) is 25.8. The zero-order chi connectivity index (χ0) is 33.2. The Morgan fingerprint density at radius 3 is 2.11 bits per heavy atom. The number of carbonyl (C=O) groups is 1. The number of fused-ring (bicyclic) bond motifs is 2. The van der Waals surface area contributed by atoms with Crippen molar-refractivity contribution in [1.29, 1.82) is 0 Å². The summed E-state index contributed by atoms with van der Waals surface area (Å²) >= 11 is 0. The predicted octanol–water partition coefficient (Wildman–Crippen LogP) is 7.01. The van der Waals surface area contributed by atoms with E-state index in [2.05, 4.69) is 12.2 Å². The monoisotopic (exact) mass is 644 g/mol. The topological polar surface area (TPSA) is 180 Å². The van der Waals surface area contributed by atoms with E-state index in [0.717, 1.165) is 49.4 Å². The molecule has 5 rings (SSSR count). The fourth-order valence-corrected chi connectivity index (χ4v) is 6.89. The first-order valence-electron chi connectivity index (χ1n) is 14.8. The fourth-order valence-electron chi connectivity index (χ4n) is 5.36. The fraction of sp³-hybridized carbons (Fsp3) is 0.281. The van der Waals surface area contributed by atoms with Crippen molar-refractivity contribution in [3.05, 3.63) is 98.1 Å². The number of aromatic nitrogens is 3. The van der Waals surface area contributed by atoms with Crippen LogP contribution >= 0.6 is 0 Å². The highest BCUT2D eigenvalue weighted by Gasteiger charge is 2.33. The molecule has 0 saturated carbocycles. The van der Waals surface area contributed by atoms with Crippen molar-refractivity contribution in [3.8, 4) is 0 Å². The minimum Gasteiger partial charge on any atom is -0.309 e. The molecule has 1 amide bonds. The summed E-state index contributed by atoms with van der Waals surface area (Å²) in [4.78, 5) is 44.4. The Bertz CT molecular complexity index is 2060. The summed E-state index contributed by atoms with van der Waals surface area (Å²) in [7, 11) is -4.35. The van der Waals surface area contributed by atoms with Crippen molar-refractivity contribution in [3.63, 3.8) is 0 Å². The summed E-state index contributed by atoms with van der Waals surface area (Å²) in [6, 6.07) is 15.8. The van der Waals surface area contributed by atoms with Crippen LogP contribution in [0.25, 0.3) is 22.2 Å². The first-order valence-corrected chi connectivity index (χ1v) is 16.3. The lowest BCUT2D eigenvalue weighted by Crippen LogP contribution is -2.20. The third-order valence-corrected chi connectivity index (χ3v) is 9.73. The van der Waals surface area contributed by atoms with Gasteiger partial charge in [-0.15, -0.1) is 0 Å². The number of rotatable bonds is 12. The van der Waals surface area contributed by atoms with E-state index in [0.29, 0.717) is 11.0 Å². The average Bonchev–Trinajstić information content (AvgIpc) is 3.33. The third kappa shape index (κ3) is 6.29. The lowest BCUT2D eigenvalue weighted by Gasteiger charge is -2.19. The van der Waals surface area contributed by atoms with Crippen LogP contribution in [0.1, 0.15) is 55.5 Å². The molecule has 0 aliphatic rings. The average molecular weight is 645 g/mol. The summed E-state index contributed by atoms with van der Waals surface area (Å²) in [5.41, 5.74) is 0.375. The number of nitrogens with zero attached hydrogens (tertiary/aromatic N) is 5. The Labute approximate surface area is 264 Å². The number of anilines is 1. The maximum Gasteiger partial charge on any atom is 0.277 e.